The van der Waals surface area contributed by atoms with Crippen molar-refractivity contribution in [2.24, 2.45) is 23.5 Å². The Morgan fingerprint density at radius 1 is 1.05 bits per heavy atom. The molecule has 0 bridgehead atoms. The van der Waals surface area contributed by atoms with Crippen LogP contribution in [0.3, 0.4) is 0 Å². The van der Waals surface area contributed by atoms with E-state index in [0.717, 1.165) is 51.0 Å². The van der Waals surface area contributed by atoms with Crippen molar-refractivity contribution in [1.82, 2.24) is 15.1 Å². The minimum Gasteiger partial charge on any atom is -0.446 e. The molecule has 0 spiro atoms. The molecule has 210 valence electrons. The van der Waals surface area contributed by atoms with Gasteiger partial charge >= 0.3 is 6.09 Å². The van der Waals surface area contributed by atoms with Gasteiger partial charge in [0.2, 0.25) is 0 Å². The number of hydrogen-bond donors (Lipinski definition) is 2. The predicted molar refractivity (Wildman–Crippen MR) is 143 cm³/mol. The van der Waals surface area contributed by atoms with Gasteiger partial charge in [0.1, 0.15) is 11.9 Å². The Bertz CT molecular complexity index is 997. The van der Waals surface area contributed by atoms with E-state index < -0.39 is 29.9 Å². The van der Waals surface area contributed by atoms with Crippen LogP contribution in [0.25, 0.3) is 0 Å². The minimum absolute atomic E-state index is 0.0715. The van der Waals surface area contributed by atoms with Crippen LogP contribution in [-0.4, -0.2) is 65.2 Å². The molecule has 1 aliphatic heterocycles. The summed E-state index contributed by atoms with van der Waals surface area (Å²) in [4.78, 5) is 43.7. The summed E-state index contributed by atoms with van der Waals surface area (Å²) in [6.45, 7) is 7.04. The molecule has 4 atom stereocenters. The van der Waals surface area contributed by atoms with Crippen LogP contribution in [0, 0.1) is 23.6 Å². The Balaban J connectivity index is 1.58. The topological polar surface area (TPSA) is 105 Å². The maximum Gasteiger partial charge on any atom is 0.412 e. The lowest BCUT2D eigenvalue weighted by atomic mass is 9.75. The largest absolute Gasteiger partial charge is 0.446 e. The molecule has 9 heteroatoms. The first-order valence-corrected chi connectivity index (χ1v) is 14.2. The molecule has 0 radical (unpaired) electrons. The van der Waals surface area contributed by atoms with Crippen LogP contribution in [0.2, 0.25) is 0 Å². The van der Waals surface area contributed by atoms with Gasteiger partial charge in [0.15, 0.2) is 6.17 Å². The molecule has 4 rings (SSSR count). The van der Waals surface area contributed by atoms with Crippen molar-refractivity contribution in [3.05, 3.63) is 35.6 Å². The van der Waals surface area contributed by atoms with Crippen molar-refractivity contribution in [3.63, 3.8) is 0 Å². The summed E-state index contributed by atoms with van der Waals surface area (Å²) in [5, 5.41) is 3.07. The molecular formula is C29H43FN4O4. The van der Waals surface area contributed by atoms with Crippen molar-refractivity contribution in [2.45, 2.75) is 96.5 Å². The van der Waals surface area contributed by atoms with Crippen molar-refractivity contribution in [3.8, 4) is 0 Å². The minimum atomic E-state index is -1.17. The Kier molecular flexibility index (Phi) is 9.28. The number of nitrogens with two attached hydrogens (primary N) is 1. The van der Waals surface area contributed by atoms with Crippen LogP contribution in [0.1, 0.15) is 82.5 Å². The van der Waals surface area contributed by atoms with E-state index in [1.54, 1.807) is 0 Å². The van der Waals surface area contributed by atoms with Gasteiger partial charge in [-0.25, -0.2) is 9.18 Å². The van der Waals surface area contributed by atoms with E-state index in [9.17, 15) is 18.8 Å². The first kappa shape index (κ1) is 28.3. The quantitative estimate of drug-likeness (QED) is 0.591. The number of amides is 3. The predicted octanol–water partition coefficient (Wildman–Crippen LogP) is 4.28. The van der Waals surface area contributed by atoms with Crippen LogP contribution >= 0.6 is 0 Å². The Morgan fingerprint density at radius 2 is 1.76 bits per heavy atom. The molecule has 1 aromatic carbocycles. The third-order valence-corrected chi connectivity index (χ3v) is 8.52. The summed E-state index contributed by atoms with van der Waals surface area (Å²) in [5.74, 6) is -0.363. The van der Waals surface area contributed by atoms with E-state index in [1.165, 1.54) is 28.0 Å². The molecule has 3 amide bonds. The second-order valence-electron chi connectivity index (χ2n) is 11.8. The fourth-order valence-corrected chi connectivity index (χ4v) is 6.29. The molecule has 1 aromatic rings. The van der Waals surface area contributed by atoms with E-state index >= 15 is 0 Å². The number of rotatable bonds is 5. The highest BCUT2D eigenvalue weighted by Crippen LogP contribution is 2.36. The van der Waals surface area contributed by atoms with Crippen molar-refractivity contribution in [2.75, 3.05) is 13.1 Å². The van der Waals surface area contributed by atoms with Crippen LogP contribution in [0.5, 0.6) is 0 Å². The number of ether oxygens (including phenoxy) is 1. The van der Waals surface area contributed by atoms with Crippen LogP contribution in [0.15, 0.2) is 24.3 Å². The maximum absolute atomic E-state index is 13.9. The molecule has 0 aromatic heterocycles. The van der Waals surface area contributed by atoms with Gasteiger partial charge in [0.25, 0.3) is 11.8 Å². The van der Waals surface area contributed by atoms with Crippen LogP contribution < -0.4 is 11.1 Å². The van der Waals surface area contributed by atoms with Gasteiger partial charge in [0.05, 0.1) is 0 Å². The number of benzene rings is 1. The van der Waals surface area contributed by atoms with Gasteiger partial charge in [0, 0.05) is 30.7 Å². The van der Waals surface area contributed by atoms with E-state index in [1.807, 2.05) is 0 Å². The molecule has 1 heterocycles. The van der Waals surface area contributed by atoms with E-state index in [4.69, 9.17) is 10.5 Å². The molecule has 8 nitrogen and oxygen atoms in total. The number of nitrogens with one attached hydrogen (secondary N) is 1. The second-order valence-corrected chi connectivity index (χ2v) is 11.8. The smallest absolute Gasteiger partial charge is 0.412 e. The van der Waals surface area contributed by atoms with Gasteiger partial charge in [-0.15, -0.1) is 0 Å². The van der Waals surface area contributed by atoms with Crippen LogP contribution in [0.4, 0.5) is 9.18 Å². The maximum atomic E-state index is 13.9. The van der Waals surface area contributed by atoms with E-state index in [-0.39, 0.29) is 36.2 Å². The highest BCUT2D eigenvalue weighted by Gasteiger charge is 2.43. The van der Waals surface area contributed by atoms with E-state index in [2.05, 4.69) is 26.1 Å². The molecule has 3 aliphatic rings. The first-order valence-electron chi connectivity index (χ1n) is 14.2. The van der Waals surface area contributed by atoms with Crippen molar-refractivity contribution < 1.29 is 23.5 Å². The summed E-state index contributed by atoms with van der Waals surface area (Å²) < 4.78 is 20.1. The first-order chi connectivity index (χ1) is 18.1. The second kappa shape index (κ2) is 12.5. The highest BCUT2D eigenvalue weighted by atomic mass is 19.1. The van der Waals surface area contributed by atoms with E-state index in [0.29, 0.717) is 24.8 Å². The summed E-state index contributed by atoms with van der Waals surface area (Å²) in [5.41, 5.74) is 6.18. The number of nitrogens with zero attached hydrogens (tertiary/aromatic N) is 2. The molecule has 3 fully saturated rings. The third-order valence-electron chi connectivity index (χ3n) is 8.52. The fourth-order valence-electron chi connectivity index (χ4n) is 6.29. The van der Waals surface area contributed by atoms with Gasteiger partial charge in [-0.3, -0.25) is 14.5 Å². The molecule has 2 aliphatic carbocycles. The standard InChI is InChI=1S/C29H43FN4O4/c1-18(2)24-13-8-19(3)16-25(24)38-29(37)34-15-5-14-33(28(36)20-6-4-7-21(30)17-20)27(34)26(35)32-23-11-9-22(31)10-12-23/h4,6-7,17-19,22-25,27H,5,8-16,31H2,1-3H3,(H,32,35). The number of halogens is 1. The zero-order valence-electron chi connectivity index (χ0n) is 22.9. The lowest BCUT2D eigenvalue weighted by molar-refractivity contribution is -0.135. The Morgan fingerprint density at radius 3 is 2.45 bits per heavy atom. The number of hydrogen-bond acceptors (Lipinski definition) is 5. The lowest BCUT2D eigenvalue weighted by Crippen LogP contribution is -2.65. The Labute approximate surface area is 225 Å². The zero-order valence-corrected chi connectivity index (χ0v) is 22.9. The summed E-state index contributed by atoms with van der Waals surface area (Å²) in [7, 11) is 0. The van der Waals surface area contributed by atoms with Crippen molar-refractivity contribution >= 4 is 17.9 Å². The summed E-state index contributed by atoms with van der Waals surface area (Å²) in [6, 6.07) is 5.48. The normalized spacial score (nSPS) is 30.2. The van der Waals surface area contributed by atoms with Gasteiger partial charge in [-0.2, -0.15) is 0 Å². The molecule has 2 saturated carbocycles. The molecule has 4 unspecified atom stereocenters. The van der Waals surface area contributed by atoms with Crippen LogP contribution in [-0.2, 0) is 9.53 Å². The molecule has 1 saturated heterocycles. The summed E-state index contributed by atoms with van der Waals surface area (Å²) >= 11 is 0. The zero-order chi connectivity index (χ0) is 27.4. The van der Waals surface area contributed by atoms with Gasteiger partial charge in [-0.1, -0.05) is 33.3 Å². The average molecular weight is 531 g/mol. The van der Waals surface area contributed by atoms with Crippen molar-refractivity contribution in [1.29, 1.82) is 0 Å². The number of carbonyl (C=O) groups excluding carboxylic acids is 3. The fraction of sp³-hybridized carbons (Fsp3) is 0.690. The SMILES string of the molecule is CC1CCC(C(C)C)C(OC(=O)N2CCCN(C(=O)c3cccc(F)c3)C2C(=O)NC2CCC(N)CC2)C1. The van der Waals surface area contributed by atoms with Gasteiger partial charge in [-0.05, 0) is 80.9 Å². The average Bonchev–Trinajstić information content (AvgIpc) is 2.89. The highest BCUT2D eigenvalue weighted by molar-refractivity contribution is 5.98. The molecular weight excluding hydrogens is 487 g/mol. The molecule has 38 heavy (non-hydrogen) atoms. The third kappa shape index (κ3) is 6.65. The lowest BCUT2D eigenvalue weighted by Gasteiger charge is -2.44. The Hall–Kier alpha value is -2.68. The molecule has 3 N–H and O–H groups in total. The summed E-state index contributed by atoms with van der Waals surface area (Å²) in [6.07, 6.45) is 4.52. The number of carbonyl (C=O) groups is 3. The van der Waals surface area contributed by atoms with Gasteiger partial charge < -0.3 is 20.7 Å². The monoisotopic (exact) mass is 530 g/mol.